The molecule has 0 aromatic heterocycles. The molecule has 2 aromatic carbocycles. The molecule has 0 aliphatic heterocycles. The lowest BCUT2D eigenvalue weighted by Crippen LogP contribution is -2.41. The number of rotatable bonds is 6. The molecule has 0 bridgehead atoms. The lowest BCUT2D eigenvalue weighted by Gasteiger charge is -2.09. The van der Waals surface area contributed by atoms with Gasteiger partial charge in [-0.1, -0.05) is 54.1 Å². The minimum absolute atomic E-state index is 0.0822. The number of hydrogen-bond donors (Lipinski definition) is 3. The van der Waals surface area contributed by atoms with E-state index in [-0.39, 0.29) is 18.5 Å². The third-order valence-electron chi connectivity index (χ3n) is 3.08. The number of benzene rings is 2. The molecule has 2 rings (SSSR count). The van der Waals surface area contributed by atoms with Gasteiger partial charge < -0.3 is 16.0 Å². The predicted octanol–water partition coefficient (Wildman–Crippen LogP) is 2.46. The van der Waals surface area contributed by atoms with Gasteiger partial charge in [-0.15, -0.1) is 0 Å². The summed E-state index contributed by atoms with van der Waals surface area (Å²) in [5.74, 6) is -0.264. The largest absolute Gasteiger partial charge is 0.350 e. The van der Waals surface area contributed by atoms with Gasteiger partial charge in [-0.3, -0.25) is 4.79 Å². The van der Waals surface area contributed by atoms with Crippen LogP contribution < -0.4 is 16.0 Å². The number of nitrogens with one attached hydrogen (secondary N) is 3. The molecule has 0 unspecified atom stereocenters. The van der Waals surface area contributed by atoms with Crippen LogP contribution in [0.5, 0.6) is 0 Å². The van der Waals surface area contributed by atoms with Gasteiger partial charge in [-0.25, -0.2) is 4.79 Å². The summed E-state index contributed by atoms with van der Waals surface area (Å²) >= 11 is 5.87. The highest BCUT2D eigenvalue weighted by Crippen LogP contribution is 2.10. The minimum atomic E-state index is -0.383. The average Bonchev–Trinajstić information content (AvgIpc) is 2.57. The van der Waals surface area contributed by atoms with E-state index in [4.69, 9.17) is 11.6 Å². The van der Waals surface area contributed by atoms with Crippen molar-refractivity contribution in [2.45, 2.75) is 13.1 Å². The van der Waals surface area contributed by atoms with Crippen LogP contribution in [0.2, 0.25) is 5.02 Å². The zero-order valence-corrected chi connectivity index (χ0v) is 13.3. The molecule has 0 saturated carbocycles. The normalized spacial score (nSPS) is 9.96. The predicted molar refractivity (Wildman–Crippen MR) is 90.0 cm³/mol. The fourth-order valence-electron chi connectivity index (χ4n) is 1.91. The van der Waals surface area contributed by atoms with Crippen LogP contribution in [0.15, 0.2) is 54.6 Å². The first kappa shape index (κ1) is 16.8. The Morgan fingerprint density at radius 3 is 2.26 bits per heavy atom. The Hall–Kier alpha value is -2.53. The molecule has 0 aliphatic rings. The third-order valence-corrected chi connectivity index (χ3v) is 3.32. The number of halogens is 1. The molecular formula is C17H18ClN3O2. The summed E-state index contributed by atoms with van der Waals surface area (Å²) in [6.45, 7) is 0.699. The van der Waals surface area contributed by atoms with Crippen LogP contribution >= 0.6 is 11.6 Å². The number of urea groups is 1. The van der Waals surface area contributed by atoms with Crippen molar-refractivity contribution in [1.82, 2.24) is 16.0 Å². The van der Waals surface area contributed by atoms with Gasteiger partial charge in [0.15, 0.2) is 0 Å². The Bertz CT molecular complexity index is 662. The molecule has 3 amide bonds. The van der Waals surface area contributed by atoms with E-state index >= 15 is 0 Å². The Labute approximate surface area is 140 Å². The molecule has 0 spiro atoms. The molecule has 5 nitrogen and oxygen atoms in total. The number of amides is 3. The van der Waals surface area contributed by atoms with E-state index in [0.29, 0.717) is 18.1 Å². The smallest absolute Gasteiger partial charge is 0.315 e. The van der Waals surface area contributed by atoms with Crippen molar-refractivity contribution in [3.8, 4) is 0 Å². The molecule has 0 fully saturated rings. The third kappa shape index (κ3) is 6.40. The zero-order chi connectivity index (χ0) is 16.5. The van der Waals surface area contributed by atoms with E-state index in [9.17, 15) is 9.59 Å². The van der Waals surface area contributed by atoms with E-state index < -0.39 is 0 Å². The van der Waals surface area contributed by atoms with Gasteiger partial charge in [0.1, 0.15) is 0 Å². The molecule has 0 radical (unpaired) electrons. The van der Waals surface area contributed by atoms with Crippen molar-refractivity contribution in [1.29, 1.82) is 0 Å². The highest BCUT2D eigenvalue weighted by molar-refractivity contribution is 6.30. The van der Waals surface area contributed by atoms with Crippen LogP contribution in [-0.4, -0.2) is 18.5 Å². The van der Waals surface area contributed by atoms with Gasteiger partial charge in [0, 0.05) is 18.1 Å². The SMILES string of the molecule is O=C(CNC(=O)NCc1ccccc1)NCc1cccc(Cl)c1. The second-order valence-corrected chi connectivity index (χ2v) is 5.36. The molecule has 6 heteroatoms. The Morgan fingerprint density at radius 1 is 0.826 bits per heavy atom. The summed E-state index contributed by atoms with van der Waals surface area (Å²) in [6, 6.07) is 16.4. The summed E-state index contributed by atoms with van der Waals surface area (Å²) in [6.07, 6.45) is 0. The monoisotopic (exact) mass is 331 g/mol. The number of hydrogen-bond acceptors (Lipinski definition) is 2. The summed E-state index contributed by atoms with van der Waals surface area (Å²) in [5.41, 5.74) is 1.90. The van der Waals surface area contributed by atoms with Crippen molar-refractivity contribution in [3.63, 3.8) is 0 Å². The van der Waals surface area contributed by atoms with Crippen molar-refractivity contribution in [3.05, 3.63) is 70.7 Å². The van der Waals surface area contributed by atoms with E-state index in [1.165, 1.54) is 0 Å². The maximum atomic E-state index is 11.7. The second kappa shape index (κ2) is 8.80. The molecule has 0 saturated heterocycles. The summed E-state index contributed by atoms with van der Waals surface area (Å²) < 4.78 is 0. The molecule has 0 aliphatic carbocycles. The minimum Gasteiger partial charge on any atom is -0.350 e. The second-order valence-electron chi connectivity index (χ2n) is 4.93. The highest BCUT2D eigenvalue weighted by Gasteiger charge is 2.05. The summed E-state index contributed by atoms with van der Waals surface area (Å²) in [5, 5.41) is 8.54. The molecule has 0 heterocycles. The van der Waals surface area contributed by atoms with Gasteiger partial charge in [0.2, 0.25) is 5.91 Å². The maximum absolute atomic E-state index is 11.7. The summed E-state index contributed by atoms with van der Waals surface area (Å²) in [4.78, 5) is 23.3. The molecular weight excluding hydrogens is 314 g/mol. The molecule has 3 N–H and O–H groups in total. The molecule has 2 aromatic rings. The fraction of sp³-hybridized carbons (Fsp3) is 0.176. The van der Waals surface area contributed by atoms with E-state index in [1.54, 1.807) is 12.1 Å². The Balaban J connectivity index is 1.64. The van der Waals surface area contributed by atoms with Crippen LogP contribution in [0.25, 0.3) is 0 Å². The number of carbonyl (C=O) groups is 2. The van der Waals surface area contributed by atoms with Crippen molar-refractivity contribution in [2.75, 3.05) is 6.54 Å². The Kier molecular flexibility index (Phi) is 6.44. The maximum Gasteiger partial charge on any atom is 0.315 e. The van der Waals surface area contributed by atoms with Crippen LogP contribution in [0.4, 0.5) is 4.79 Å². The van der Waals surface area contributed by atoms with Crippen LogP contribution in [0.1, 0.15) is 11.1 Å². The van der Waals surface area contributed by atoms with Gasteiger partial charge in [0.25, 0.3) is 0 Å². The first-order chi connectivity index (χ1) is 11.1. The summed E-state index contributed by atoms with van der Waals surface area (Å²) in [7, 11) is 0. The molecule has 120 valence electrons. The first-order valence-electron chi connectivity index (χ1n) is 7.20. The van der Waals surface area contributed by atoms with Gasteiger partial charge >= 0.3 is 6.03 Å². The van der Waals surface area contributed by atoms with Gasteiger partial charge in [0.05, 0.1) is 6.54 Å². The van der Waals surface area contributed by atoms with Crippen molar-refractivity contribution >= 4 is 23.5 Å². The van der Waals surface area contributed by atoms with E-state index in [1.807, 2.05) is 42.5 Å². The quantitative estimate of drug-likeness (QED) is 0.761. The number of carbonyl (C=O) groups excluding carboxylic acids is 2. The topological polar surface area (TPSA) is 70.2 Å². The fourth-order valence-corrected chi connectivity index (χ4v) is 2.12. The standard InChI is InChI=1S/C17H18ClN3O2/c18-15-8-4-7-14(9-15)11-19-16(22)12-21-17(23)20-10-13-5-2-1-3-6-13/h1-9H,10-12H2,(H,19,22)(H2,20,21,23). The van der Waals surface area contributed by atoms with E-state index in [0.717, 1.165) is 11.1 Å². The first-order valence-corrected chi connectivity index (χ1v) is 7.58. The zero-order valence-electron chi connectivity index (χ0n) is 12.5. The Morgan fingerprint density at radius 2 is 1.52 bits per heavy atom. The lowest BCUT2D eigenvalue weighted by molar-refractivity contribution is -0.120. The highest BCUT2D eigenvalue weighted by atomic mass is 35.5. The average molecular weight is 332 g/mol. The lowest BCUT2D eigenvalue weighted by atomic mass is 10.2. The van der Waals surface area contributed by atoms with Crippen molar-refractivity contribution in [2.24, 2.45) is 0 Å². The van der Waals surface area contributed by atoms with Crippen molar-refractivity contribution < 1.29 is 9.59 Å². The van der Waals surface area contributed by atoms with Gasteiger partial charge in [-0.05, 0) is 23.3 Å². The van der Waals surface area contributed by atoms with E-state index in [2.05, 4.69) is 16.0 Å². The molecule has 23 heavy (non-hydrogen) atoms. The van der Waals surface area contributed by atoms with Crippen LogP contribution in [0, 0.1) is 0 Å². The van der Waals surface area contributed by atoms with Crippen LogP contribution in [0.3, 0.4) is 0 Å². The van der Waals surface area contributed by atoms with Crippen LogP contribution in [-0.2, 0) is 17.9 Å². The molecule has 0 atom stereocenters. The van der Waals surface area contributed by atoms with Gasteiger partial charge in [-0.2, -0.15) is 0 Å².